The highest BCUT2D eigenvalue weighted by Crippen LogP contribution is 2.00. The predicted octanol–water partition coefficient (Wildman–Crippen LogP) is 0.376. The molecule has 0 aliphatic carbocycles. The molecule has 0 aromatic carbocycles. The minimum absolute atomic E-state index is 0.0160. The van der Waals surface area contributed by atoms with E-state index in [1.54, 1.807) is 12.4 Å². The first-order valence-corrected chi connectivity index (χ1v) is 2.41. The summed E-state index contributed by atoms with van der Waals surface area (Å²) in [5.41, 5.74) is 0.910. The van der Waals surface area contributed by atoms with Crippen LogP contribution in [-0.4, -0.2) is 16.8 Å². The Hall–Kier alpha value is -0.960. The lowest BCUT2D eigenvalue weighted by molar-refractivity contribution is 0.326. The van der Waals surface area contributed by atoms with Crippen molar-refractivity contribution < 1.29 is 5.11 Å². The summed E-state index contributed by atoms with van der Waals surface area (Å²) in [4.78, 5) is 2.84. The molecular weight excluding hydrogens is 104 g/mol. The molecule has 0 radical (unpaired) electrons. The first kappa shape index (κ1) is 5.18. The molecule has 0 bridgehead atoms. The third-order valence-electron chi connectivity index (χ3n) is 0.881. The zero-order valence-corrected chi connectivity index (χ0v) is 4.39. The third-order valence-corrected chi connectivity index (χ3v) is 0.881. The van der Waals surface area contributed by atoms with Crippen molar-refractivity contribution in [3.63, 3.8) is 0 Å². The molecule has 0 fully saturated rings. The lowest BCUT2D eigenvalue weighted by Crippen LogP contribution is -1.96. The van der Waals surface area contributed by atoms with E-state index in [2.05, 4.69) is 10.3 Å². The smallest absolute Gasteiger partial charge is 0.113 e. The van der Waals surface area contributed by atoms with Crippen LogP contribution in [0.15, 0.2) is 18.5 Å². The Morgan fingerprint density at radius 1 is 1.75 bits per heavy atom. The van der Waals surface area contributed by atoms with Crippen LogP contribution in [0.2, 0.25) is 0 Å². The largest absolute Gasteiger partial charge is 0.377 e. The Kier molecular flexibility index (Phi) is 1.54. The van der Waals surface area contributed by atoms with Gasteiger partial charge in [-0.15, -0.1) is 0 Å². The van der Waals surface area contributed by atoms with E-state index in [9.17, 15) is 0 Å². The fourth-order valence-corrected chi connectivity index (χ4v) is 0.525. The van der Waals surface area contributed by atoms with Crippen molar-refractivity contribution in [3.05, 3.63) is 18.5 Å². The molecule has 1 rings (SSSR count). The van der Waals surface area contributed by atoms with E-state index in [1.165, 1.54) is 0 Å². The van der Waals surface area contributed by atoms with Crippen molar-refractivity contribution in [2.75, 3.05) is 12.0 Å². The number of H-pyrrole nitrogens is 1. The van der Waals surface area contributed by atoms with Gasteiger partial charge in [0.2, 0.25) is 0 Å². The fraction of sp³-hybridized carbons (Fsp3) is 0.200. The van der Waals surface area contributed by atoms with Crippen molar-refractivity contribution in [3.8, 4) is 0 Å². The predicted molar refractivity (Wildman–Crippen MR) is 31.5 cm³/mol. The van der Waals surface area contributed by atoms with Crippen LogP contribution in [0.1, 0.15) is 0 Å². The first-order valence-electron chi connectivity index (χ1n) is 2.41. The van der Waals surface area contributed by atoms with Crippen molar-refractivity contribution in [1.29, 1.82) is 0 Å². The summed E-state index contributed by atoms with van der Waals surface area (Å²) in [5, 5.41) is 11.0. The molecule has 3 N–H and O–H groups in total. The minimum atomic E-state index is -0.0160. The van der Waals surface area contributed by atoms with Gasteiger partial charge in [0.15, 0.2) is 0 Å². The molecule has 44 valence electrons. The number of aromatic amines is 1. The van der Waals surface area contributed by atoms with Gasteiger partial charge in [0.05, 0.1) is 5.69 Å². The molecule has 0 spiro atoms. The standard InChI is InChI=1S/C5H8N2O/c8-4-7-5-1-2-6-3-5/h1-3,6-8H,4H2. The molecular formula is C5H8N2O. The molecule has 0 saturated heterocycles. The highest BCUT2D eigenvalue weighted by atomic mass is 16.3. The second kappa shape index (κ2) is 2.37. The maximum atomic E-state index is 8.31. The lowest BCUT2D eigenvalue weighted by atomic mass is 10.5. The summed E-state index contributed by atoms with van der Waals surface area (Å²) >= 11 is 0. The van der Waals surface area contributed by atoms with Gasteiger partial charge >= 0.3 is 0 Å². The van der Waals surface area contributed by atoms with E-state index in [0.717, 1.165) is 5.69 Å². The quantitative estimate of drug-likeness (QED) is 0.484. The highest BCUT2D eigenvalue weighted by Gasteiger charge is 1.83. The topological polar surface area (TPSA) is 48.0 Å². The average Bonchev–Trinajstić information content (AvgIpc) is 2.19. The molecule has 0 amide bonds. The Morgan fingerprint density at radius 3 is 3.12 bits per heavy atom. The van der Waals surface area contributed by atoms with Crippen LogP contribution < -0.4 is 5.32 Å². The number of aromatic nitrogens is 1. The minimum Gasteiger partial charge on any atom is -0.377 e. The van der Waals surface area contributed by atoms with Crippen LogP contribution in [0.3, 0.4) is 0 Å². The molecule has 0 atom stereocenters. The Balaban J connectivity index is 2.50. The summed E-state index contributed by atoms with van der Waals surface area (Å²) < 4.78 is 0. The number of nitrogens with one attached hydrogen (secondary N) is 2. The molecule has 0 saturated carbocycles. The van der Waals surface area contributed by atoms with Crippen molar-refractivity contribution in [1.82, 2.24) is 4.98 Å². The summed E-state index contributed by atoms with van der Waals surface area (Å²) in [6, 6.07) is 1.84. The zero-order chi connectivity index (χ0) is 5.82. The van der Waals surface area contributed by atoms with Gasteiger partial charge in [-0.2, -0.15) is 0 Å². The number of aliphatic hydroxyl groups is 1. The molecule has 1 aromatic heterocycles. The third kappa shape index (κ3) is 1.01. The summed E-state index contributed by atoms with van der Waals surface area (Å²) in [5.74, 6) is 0. The highest BCUT2D eigenvalue weighted by molar-refractivity contribution is 5.39. The average molecular weight is 112 g/mol. The molecule has 8 heavy (non-hydrogen) atoms. The zero-order valence-electron chi connectivity index (χ0n) is 4.39. The van der Waals surface area contributed by atoms with E-state index in [1.807, 2.05) is 6.07 Å². The van der Waals surface area contributed by atoms with Gasteiger partial charge in [-0.3, -0.25) is 0 Å². The van der Waals surface area contributed by atoms with Gasteiger partial charge in [-0.05, 0) is 6.07 Å². The maximum absolute atomic E-state index is 8.31. The van der Waals surface area contributed by atoms with E-state index in [4.69, 9.17) is 5.11 Å². The van der Waals surface area contributed by atoms with Gasteiger partial charge in [0, 0.05) is 12.4 Å². The SMILES string of the molecule is OCNc1cc[nH]c1. The normalized spacial score (nSPS) is 9.12. The number of anilines is 1. The number of aliphatic hydroxyl groups excluding tert-OH is 1. The van der Waals surface area contributed by atoms with Crippen molar-refractivity contribution in [2.45, 2.75) is 0 Å². The van der Waals surface area contributed by atoms with Gasteiger partial charge in [-0.1, -0.05) is 0 Å². The second-order valence-electron chi connectivity index (χ2n) is 1.43. The monoisotopic (exact) mass is 112 g/mol. The van der Waals surface area contributed by atoms with Crippen LogP contribution >= 0.6 is 0 Å². The van der Waals surface area contributed by atoms with Gasteiger partial charge in [-0.25, -0.2) is 0 Å². The number of hydrogen-bond donors (Lipinski definition) is 3. The van der Waals surface area contributed by atoms with E-state index >= 15 is 0 Å². The Bertz CT molecular complexity index is 136. The van der Waals surface area contributed by atoms with E-state index in [-0.39, 0.29) is 6.73 Å². The Labute approximate surface area is 47.3 Å². The molecule has 0 aliphatic heterocycles. The fourth-order valence-electron chi connectivity index (χ4n) is 0.525. The van der Waals surface area contributed by atoms with Crippen LogP contribution in [-0.2, 0) is 0 Å². The molecule has 1 heterocycles. The maximum Gasteiger partial charge on any atom is 0.113 e. The molecule has 3 heteroatoms. The Morgan fingerprint density at radius 2 is 2.62 bits per heavy atom. The van der Waals surface area contributed by atoms with Crippen LogP contribution in [0.4, 0.5) is 5.69 Å². The van der Waals surface area contributed by atoms with E-state index in [0.29, 0.717) is 0 Å². The van der Waals surface area contributed by atoms with E-state index < -0.39 is 0 Å². The second-order valence-corrected chi connectivity index (χ2v) is 1.43. The van der Waals surface area contributed by atoms with Gasteiger partial charge in [0.1, 0.15) is 6.73 Å². The van der Waals surface area contributed by atoms with Crippen LogP contribution in [0.5, 0.6) is 0 Å². The summed E-state index contributed by atoms with van der Waals surface area (Å²) in [7, 11) is 0. The van der Waals surface area contributed by atoms with Crippen LogP contribution in [0.25, 0.3) is 0 Å². The first-order chi connectivity index (χ1) is 3.93. The lowest BCUT2D eigenvalue weighted by Gasteiger charge is -1.93. The number of rotatable bonds is 2. The molecule has 0 aliphatic rings. The van der Waals surface area contributed by atoms with Crippen LogP contribution in [0, 0.1) is 0 Å². The summed E-state index contributed by atoms with van der Waals surface area (Å²) in [6.45, 7) is -0.0160. The molecule has 1 aromatic rings. The molecule has 3 nitrogen and oxygen atoms in total. The van der Waals surface area contributed by atoms with Crippen molar-refractivity contribution in [2.24, 2.45) is 0 Å². The van der Waals surface area contributed by atoms with Crippen molar-refractivity contribution >= 4 is 5.69 Å². The molecule has 0 unspecified atom stereocenters. The number of hydrogen-bond acceptors (Lipinski definition) is 2. The summed E-state index contributed by atoms with van der Waals surface area (Å²) in [6.07, 6.45) is 3.56. The van der Waals surface area contributed by atoms with Gasteiger partial charge < -0.3 is 15.4 Å². The van der Waals surface area contributed by atoms with Gasteiger partial charge in [0.25, 0.3) is 0 Å².